The van der Waals surface area contributed by atoms with E-state index in [9.17, 15) is 14.7 Å². The average molecular weight is 275 g/mol. The monoisotopic (exact) mass is 275 g/mol. The number of ether oxygens (including phenoxy) is 1. The topological polar surface area (TPSA) is 66.8 Å². The molecule has 2 aliphatic heterocycles. The molecule has 0 radical (unpaired) electrons. The molecule has 1 aromatic carbocycles. The van der Waals surface area contributed by atoms with E-state index in [0.717, 1.165) is 17.5 Å². The van der Waals surface area contributed by atoms with Gasteiger partial charge in [-0.2, -0.15) is 0 Å². The van der Waals surface area contributed by atoms with Gasteiger partial charge in [0.05, 0.1) is 0 Å². The first-order valence-corrected chi connectivity index (χ1v) is 6.88. The minimum Gasteiger partial charge on any atom is -0.480 e. The van der Waals surface area contributed by atoms with Crippen LogP contribution in [0.2, 0.25) is 0 Å². The van der Waals surface area contributed by atoms with Crippen LogP contribution in [0.1, 0.15) is 24.0 Å². The SMILES string of the molecule is O=C(O)[C@H]1Cc2ccccc2CN1C(=O)[C@H]1CCCO1. The molecule has 1 saturated heterocycles. The van der Waals surface area contributed by atoms with Crippen LogP contribution in [0.4, 0.5) is 0 Å². The number of amides is 1. The predicted octanol–water partition coefficient (Wildman–Crippen LogP) is 1.20. The Kier molecular flexibility index (Phi) is 3.44. The van der Waals surface area contributed by atoms with Crippen molar-refractivity contribution in [1.29, 1.82) is 0 Å². The number of carbonyl (C=O) groups is 2. The molecule has 20 heavy (non-hydrogen) atoms. The van der Waals surface area contributed by atoms with Crippen LogP contribution in [0.5, 0.6) is 0 Å². The molecule has 106 valence electrons. The molecule has 0 saturated carbocycles. The zero-order chi connectivity index (χ0) is 14.1. The van der Waals surface area contributed by atoms with Crippen LogP contribution in [0.3, 0.4) is 0 Å². The largest absolute Gasteiger partial charge is 0.480 e. The van der Waals surface area contributed by atoms with Crippen molar-refractivity contribution in [3.8, 4) is 0 Å². The number of carboxylic acid groups (broad SMARTS) is 1. The highest BCUT2D eigenvalue weighted by Crippen LogP contribution is 2.26. The second kappa shape index (κ2) is 5.25. The minimum absolute atomic E-state index is 0.190. The van der Waals surface area contributed by atoms with Gasteiger partial charge < -0.3 is 14.7 Å². The number of aliphatic carboxylic acids is 1. The number of rotatable bonds is 2. The minimum atomic E-state index is -0.953. The van der Waals surface area contributed by atoms with Crippen LogP contribution in [-0.2, 0) is 27.3 Å². The first kappa shape index (κ1) is 13.1. The van der Waals surface area contributed by atoms with Gasteiger partial charge in [-0.15, -0.1) is 0 Å². The third kappa shape index (κ3) is 2.29. The van der Waals surface area contributed by atoms with E-state index < -0.39 is 18.1 Å². The molecule has 1 N–H and O–H groups in total. The fourth-order valence-electron chi connectivity index (χ4n) is 2.93. The third-order valence-electron chi connectivity index (χ3n) is 4.02. The quantitative estimate of drug-likeness (QED) is 0.880. The zero-order valence-corrected chi connectivity index (χ0v) is 11.1. The summed E-state index contributed by atoms with van der Waals surface area (Å²) in [7, 11) is 0. The lowest BCUT2D eigenvalue weighted by molar-refractivity contribution is -0.156. The Hall–Kier alpha value is -1.88. The molecule has 2 heterocycles. The lowest BCUT2D eigenvalue weighted by atomic mass is 9.93. The molecule has 0 bridgehead atoms. The lowest BCUT2D eigenvalue weighted by Crippen LogP contribution is -2.51. The maximum atomic E-state index is 12.5. The van der Waals surface area contributed by atoms with E-state index in [1.165, 1.54) is 4.90 Å². The Morgan fingerprint density at radius 2 is 2.00 bits per heavy atom. The van der Waals surface area contributed by atoms with Gasteiger partial charge in [0, 0.05) is 19.6 Å². The van der Waals surface area contributed by atoms with Crippen molar-refractivity contribution in [3.05, 3.63) is 35.4 Å². The van der Waals surface area contributed by atoms with Crippen LogP contribution in [0.15, 0.2) is 24.3 Å². The van der Waals surface area contributed by atoms with Crippen LogP contribution in [0, 0.1) is 0 Å². The molecule has 5 nitrogen and oxygen atoms in total. The van der Waals surface area contributed by atoms with E-state index in [4.69, 9.17) is 4.74 Å². The summed E-state index contributed by atoms with van der Waals surface area (Å²) >= 11 is 0. The molecule has 0 spiro atoms. The molecule has 3 rings (SSSR count). The van der Waals surface area contributed by atoms with Gasteiger partial charge in [0.1, 0.15) is 12.1 Å². The van der Waals surface area contributed by atoms with Crippen LogP contribution >= 0.6 is 0 Å². The van der Waals surface area contributed by atoms with E-state index in [1.807, 2.05) is 24.3 Å². The Balaban J connectivity index is 1.88. The maximum Gasteiger partial charge on any atom is 0.326 e. The summed E-state index contributed by atoms with van der Waals surface area (Å²) < 4.78 is 5.40. The molecule has 1 amide bonds. The summed E-state index contributed by atoms with van der Waals surface area (Å²) in [5.74, 6) is -1.14. The fraction of sp³-hybridized carbons (Fsp3) is 0.467. The highest BCUT2D eigenvalue weighted by Gasteiger charge is 2.38. The van der Waals surface area contributed by atoms with Gasteiger partial charge in [-0.05, 0) is 24.0 Å². The summed E-state index contributed by atoms with van der Waals surface area (Å²) in [6.45, 7) is 0.935. The molecule has 0 unspecified atom stereocenters. The molecule has 1 aromatic rings. The van der Waals surface area contributed by atoms with E-state index >= 15 is 0 Å². The number of carboxylic acids is 1. The first-order chi connectivity index (χ1) is 9.66. The van der Waals surface area contributed by atoms with Gasteiger partial charge in [0.15, 0.2) is 0 Å². The molecular formula is C15H17NO4. The number of hydrogen-bond donors (Lipinski definition) is 1. The maximum absolute atomic E-state index is 12.5. The van der Waals surface area contributed by atoms with E-state index in [0.29, 0.717) is 26.0 Å². The number of hydrogen-bond acceptors (Lipinski definition) is 3. The third-order valence-corrected chi connectivity index (χ3v) is 4.02. The highest BCUT2D eigenvalue weighted by molar-refractivity contribution is 5.87. The predicted molar refractivity (Wildman–Crippen MR) is 71.1 cm³/mol. The summed E-state index contributed by atoms with van der Waals surface area (Å²) in [6.07, 6.45) is 1.44. The highest BCUT2D eigenvalue weighted by atomic mass is 16.5. The number of nitrogens with zero attached hydrogens (tertiary/aromatic N) is 1. The van der Waals surface area contributed by atoms with Crippen molar-refractivity contribution in [2.75, 3.05) is 6.61 Å². The molecule has 0 aromatic heterocycles. The van der Waals surface area contributed by atoms with E-state index in [-0.39, 0.29) is 5.91 Å². The van der Waals surface area contributed by atoms with Gasteiger partial charge in [-0.25, -0.2) is 4.79 Å². The van der Waals surface area contributed by atoms with Crippen molar-refractivity contribution in [2.24, 2.45) is 0 Å². The van der Waals surface area contributed by atoms with Crippen molar-refractivity contribution in [2.45, 2.75) is 38.0 Å². The number of fused-ring (bicyclic) bond motifs is 1. The van der Waals surface area contributed by atoms with Gasteiger partial charge in [0.25, 0.3) is 5.91 Å². The van der Waals surface area contributed by atoms with E-state index in [1.54, 1.807) is 0 Å². The number of carbonyl (C=O) groups excluding carboxylic acids is 1. The molecule has 2 aliphatic rings. The average Bonchev–Trinajstić information content (AvgIpc) is 2.99. The summed E-state index contributed by atoms with van der Waals surface area (Å²) in [5.41, 5.74) is 2.03. The summed E-state index contributed by atoms with van der Waals surface area (Å²) in [5, 5.41) is 9.39. The second-order valence-corrected chi connectivity index (χ2v) is 5.29. The van der Waals surface area contributed by atoms with Gasteiger partial charge in [-0.3, -0.25) is 4.79 Å². The Morgan fingerprint density at radius 3 is 2.65 bits per heavy atom. The Labute approximate surface area is 117 Å². The molecule has 5 heteroatoms. The van der Waals surface area contributed by atoms with E-state index in [2.05, 4.69) is 0 Å². The molecule has 0 aliphatic carbocycles. The van der Waals surface area contributed by atoms with Crippen molar-refractivity contribution in [1.82, 2.24) is 4.90 Å². The standard InChI is InChI=1S/C15H17NO4/c17-14(13-6-3-7-20-13)16-9-11-5-2-1-4-10(11)8-12(16)15(18)19/h1-2,4-5,12-13H,3,6-9H2,(H,18,19)/t12-,13-/m1/s1. The Morgan fingerprint density at radius 1 is 1.25 bits per heavy atom. The summed E-state index contributed by atoms with van der Waals surface area (Å²) in [4.78, 5) is 25.4. The summed E-state index contributed by atoms with van der Waals surface area (Å²) in [6, 6.07) is 6.90. The fourth-order valence-corrected chi connectivity index (χ4v) is 2.93. The first-order valence-electron chi connectivity index (χ1n) is 6.88. The van der Waals surface area contributed by atoms with Crippen LogP contribution < -0.4 is 0 Å². The van der Waals surface area contributed by atoms with Gasteiger partial charge in [0.2, 0.25) is 0 Å². The molecular weight excluding hydrogens is 258 g/mol. The van der Waals surface area contributed by atoms with Crippen LogP contribution in [-0.4, -0.2) is 40.6 Å². The number of benzene rings is 1. The van der Waals surface area contributed by atoms with Gasteiger partial charge in [-0.1, -0.05) is 24.3 Å². The zero-order valence-electron chi connectivity index (χ0n) is 11.1. The van der Waals surface area contributed by atoms with Crippen LogP contribution in [0.25, 0.3) is 0 Å². The van der Waals surface area contributed by atoms with Gasteiger partial charge >= 0.3 is 5.97 Å². The lowest BCUT2D eigenvalue weighted by Gasteiger charge is -2.35. The van der Waals surface area contributed by atoms with Crippen molar-refractivity contribution >= 4 is 11.9 Å². The normalized spacial score (nSPS) is 25.3. The molecule has 1 fully saturated rings. The van der Waals surface area contributed by atoms with Crippen molar-refractivity contribution in [3.63, 3.8) is 0 Å². The smallest absolute Gasteiger partial charge is 0.326 e. The Bertz CT molecular complexity index is 536. The molecule has 2 atom stereocenters. The van der Waals surface area contributed by atoms with Crippen molar-refractivity contribution < 1.29 is 19.4 Å². The second-order valence-electron chi connectivity index (χ2n) is 5.29.